The van der Waals surface area contributed by atoms with Crippen molar-refractivity contribution in [3.8, 4) is 11.5 Å². The van der Waals surface area contributed by atoms with Crippen molar-refractivity contribution in [1.29, 1.82) is 0 Å². The van der Waals surface area contributed by atoms with Gasteiger partial charge in [0, 0.05) is 23.9 Å². The van der Waals surface area contributed by atoms with Crippen LogP contribution in [-0.4, -0.2) is 43.6 Å². The maximum absolute atomic E-state index is 12.8. The number of rotatable bonds is 8. The van der Waals surface area contributed by atoms with Crippen LogP contribution in [-0.2, 0) is 22.5 Å². The first-order valence-electron chi connectivity index (χ1n) is 9.98. The van der Waals surface area contributed by atoms with Crippen LogP contribution in [0.25, 0.3) is 0 Å². The van der Waals surface area contributed by atoms with E-state index in [9.17, 15) is 9.59 Å². The SMILES string of the molecule is COC(=O)c1ccc(CCCN(Cc2ccc3c(c2)OCCO3)C(=O)C2CC2)s1. The Morgan fingerprint density at radius 3 is 2.69 bits per heavy atom. The minimum atomic E-state index is -0.301. The highest BCUT2D eigenvalue weighted by Gasteiger charge is 2.33. The third kappa shape index (κ3) is 4.90. The molecule has 0 radical (unpaired) electrons. The van der Waals surface area contributed by atoms with E-state index in [1.54, 1.807) is 6.07 Å². The van der Waals surface area contributed by atoms with E-state index >= 15 is 0 Å². The number of amides is 1. The molecule has 0 saturated heterocycles. The van der Waals surface area contributed by atoms with Crippen molar-refractivity contribution in [3.05, 3.63) is 45.6 Å². The van der Waals surface area contributed by atoms with Crippen LogP contribution in [0.4, 0.5) is 0 Å². The Balaban J connectivity index is 1.38. The van der Waals surface area contributed by atoms with Gasteiger partial charge in [-0.05, 0) is 55.5 Å². The van der Waals surface area contributed by atoms with Gasteiger partial charge in [0.05, 0.1) is 7.11 Å². The van der Waals surface area contributed by atoms with Crippen LogP contribution < -0.4 is 9.47 Å². The first-order chi connectivity index (χ1) is 14.1. The van der Waals surface area contributed by atoms with Crippen molar-refractivity contribution in [2.45, 2.75) is 32.2 Å². The molecular weight excluding hydrogens is 390 g/mol. The Morgan fingerprint density at radius 1 is 1.14 bits per heavy atom. The van der Waals surface area contributed by atoms with Crippen molar-refractivity contribution in [2.75, 3.05) is 26.9 Å². The molecule has 1 aliphatic carbocycles. The van der Waals surface area contributed by atoms with Crippen LogP contribution in [0.3, 0.4) is 0 Å². The van der Waals surface area contributed by atoms with Gasteiger partial charge in [0.25, 0.3) is 0 Å². The summed E-state index contributed by atoms with van der Waals surface area (Å²) in [4.78, 5) is 28.1. The molecule has 2 aromatic rings. The first-order valence-corrected chi connectivity index (χ1v) is 10.8. The summed E-state index contributed by atoms with van der Waals surface area (Å²) < 4.78 is 16.0. The van der Waals surface area contributed by atoms with E-state index in [4.69, 9.17) is 14.2 Å². The fraction of sp³-hybridized carbons (Fsp3) is 0.455. The number of hydrogen-bond donors (Lipinski definition) is 0. The van der Waals surface area contributed by atoms with Crippen LogP contribution in [0.1, 0.15) is 39.4 Å². The molecule has 1 aromatic heterocycles. The third-order valence-electron chi connectivity index (χ3n) is 5.12. The number of carbonyl (C=O) groups is 2. The zero-order chi connectivity index (χ0) is 20.2. The highest BCUT2D eigenvalue weighted by Crippen LogP contribution is 2.34. The normalized spacial score (nSPS) is 15.1. The highest BCUT2D eigenvalue weighted by atomic mass is 32.1. The molecule has 0 bridgehead atoms. The summed E-state index contributed by atoms with van der Waals surface area (Å²) in [6, 6.07) is 9.66. The molecule has 1 saturated carbocycles. The van der Waals surface area contributed by atoms with E-state index in [-0.39, 0.29) is 17.8 Å². The molecule has 4 rings (SSSR count). The summed E-state index contributed by atoms with van der Waals surface area (Å²) in [5.74, 6) is 1.63. The molecule has 1 aromatic carbocycles. The molecule has 29 heavy (non-hydrogen) atoms. The van der Waals surface area contributed by atoms with Crippen molar-refractivity contribution in [1.82, 2.24) is 4.90 Å². The summed E-state index contributed by atoms with van der Waals surface area (Å²) in [5.41, 5.74) is 1.05. The molecule has 1 aliphatic heterocycles. The lowest BCUT2D eigenvalue weighted by molar-refractivity contribution is -0.133. The Labute approximate surface area is 174 Å². The second-order valence-electron chi connectivity index (χ2n) is 7.37. The van der Waals surface area contributed by atoms with Crippen LogP contribution >= 0.6 is 11.3 Å². The Morgan fingerprint density at radius 2 is 1.93 bits per heavy atom. The second kappa shape index (κ2) is 8.86. The van der Waals surface area contributed by atoms with Gasteiger partial charge in [-0.1, -0.05) is 6.07 Å². The number of methoxy groups -OCH3 is 1. The van der Waals surface area contributed by atoms with Crippen molar-refractivity contribution in [2.24, 2.45) is 5.92 Å². The summed E-state index contributed by atoms with van der Waals surface area (Å²) in [5, 5.41) is 0. The largest absolute Gasteiger partial charge is 0.486 e. The van der Waals surface area contributed by atoms with Crippen molar-refractivity contribution in [3.63, 3.8) is 0 Å². The van der Waals surface area contributed by atoms with Gasteiger partial charge in [0.2, 0.25) is 5.91 Å². The lowest BCUT2D eigenvalue weighted by Crippen LogP contribution is -2.33. The average Bonchev–Trinajstić information content (AvgIpc) is 3.50. The molecule has 0 spiro atoms. The molecule has 0 N–H and O–H groups in total. The van der Waals surface area contributed by atoms with E-state index < -0.39 is 0 Å². The predicted molar refractivity (Wildman–Crippen MR) is 110 cm³/mol. The number of aryl methyl sites for hydroxylation is 1. The van der Waals surface area contributed by atoms with Crippen molar-refractivity contribution >= 4 is 23.2 Å². The number of nitrogens with zero attached hydrogens (tertiary/aromatic N) is 1. The van der Waals surface area contributed by atoms with E-state index in [0.29, 0.717) is 31.2 Å². The Bertz CT molecular complexity index is 889. The van der Waals surface area contributed by atoms with E-state index in [2.05, 4.69) is 0 Å². The monoisotopic (exact) mass is 415 g/mol. The highest BCUT2D eigenvalue weighted by molar-refractivity contribution is 7.13. The standard InChI is InChI=1S/C22H25NO5S/c1-26-22(25)20-9-7-17(29-20)3-2-10-23(21(24)16-5-6-16)14-15-4-8-18-19(13-15)28-12-11-27-18/h4,7-9,13,16H,2-3,5-6,10-12,14H2,1H3. The number of carbonyl (C=O) groups excluding carboxylic acids is 2. The van der Waals surface area contributed by atoms with E-state index in [0.717, 1.165) is 47.6 Å². The zero-order valence-electron chi connectivity index (χ0n) is 16.5. The average molecular weight is 416 g/mol. The van der Waals surface area contributed by atoms with Gasteiger partial charge in [-0.2, -0.15) is 0 Å². The van der Waals surface area contributed by atoms with Gasteiger partial charge < -0.3 is 19.1 Å². The third-order valence-corrected chi connectivity index (χ3v) is 6.24. The Hall–Kier alpha value is -2.54. The Kier molecular flexibility index (Phi) is 6.04. The number of benzene rings is 1. The maximum atomic E-state index is 12.8. The lowest BCUT2D eigenvalue weighted by Gasteiger charge is -2.24. The smallest absolute Gasteiger partial charge is 0.348 e. The van der Waals surface area contributed by atoms with Gasteiger partial charge in [-0.25, -0.2) is 4.79 Å². The van der Waals surface area contributed by atoms with Gasteiger partial charge in [0.1, 0.15) is 18.1 Å². The second-order valence-corrected chi connectivity index (χ2v) is 8.54. The fourth-order valence-electron chi connectivity index (χ4n) is 3.43. The summed E-state index contributed by atoms with van der Waals surface area (Å²) in [6.45, 7) is 2.38. The quantitative estimate of drug-likeness (QED) is 0.616. The molecule has 2 heterocycles. The van der Waals surface area contributed by atoms with Gasteiger partial charge in [0.15, 0.2) is 11.5 Å². The molecule has 154 valence electrons. The van der Waals surface area contributed by atoms with Gasteiger partial charge in [-0.15, -0.1) is 11.3 Å². The minimum Gasteiger partial charge on any atom is -0.486 e. The summed E-state index contributed by atoms with van der Waals surface area (Å²) in [7, 11) is 1.39. The molecule has 0 unspecified atom stereocenters. The van der Waals surface area contributed by atoms with Crippen LogP contribution in [0.2, 0.25) is 0 Å². The number of ether oxygens (including phenoxy) is 3. The molecule has 0 atom stereocenters. The number of fused-ring (bicyclic) bond motifs is 1. The number of hydrogen-bond acceptors (Lipinski definition) is 6. The molecular formula is C22H25NO5S. The van der Waals surface area contributed by atoms with Crippen LogP contribution in [0.15, 0.2) is 30.3 Å². The van der Waals surface area contributed by atoms with E-state index in [1.165, 1.54) is 18.4 Å². The predicted octanol–water partition coefficient (Wildman–Crippen LogP) is 3.68. The van der Waals surface area contributed by atoms with Gasteiger partial charge in [-0.3, -0.25) is 4.79 Å². The first kappa shape index (κ1) is 19.8. The van der Waals surface area contributed by atoms with E-state index in [1.807, 2.05) is 29.2 Å². The fourth-order valence-corrected chi connectivity index (χ4v) is 4.40. The van der Waals surface area contributed by atoms with Crippen LogP contribution in [0.5, 0.6) is 11.5 Å². The zero-order valence-corrected chi connectivity index (χ0v) is 17.3. The topological polar surface area (TPSA) is 65.1 Å². The maximum Gasteiger partial charge on any atom is 0.348 e. The molecule has 7 heteroatoms. The summed E-state index contributed by atoms with van der Waals surface area (Å²) in [6.07, 6.45) is 3.66. The number of thiophene rings is 1. The molecule has 1 amide bonds. The summed E-state index contributed by atoms with van der Waals surface area (Å²) >= 11 is 1.46. The molecule has 6 nitrogen and oxygen atoms in total. The molecule has 2 aliphatic rings. The lowest BCUT2D eigenvalue weighted by atomic mass is 10.1. The minimum absolute atomic E-state index is 0.180. The van der Waals surface area contributed by atoms with Crippen LogP contribution in [0, 0.1) is 5.92 Å². The van der Waals surface area contributed by atoms with Gasteiger partial charge >= 0.3 is 5.97 Å². The van der Waals surface area contributed by atoms with Crippen molar-refractivity contribution < 1.29 is 23.8 Å². The molecule has 1 fully saturated rings. The number of esters is 1.